The second-order valence-corrected chi connectivity index (χ2v) is 5.00. The number of carbonyl (C=O) groups excluding carboxylic acids is 1. The van der Waals surface area contributed by atoms with E-state index in [1.807, 2.05) is 25.1 Å². The van der Waals surface area contributed by atoms with E-state index in [9.17, 15) is 4.79 Å². The number of ether oxygens (including phenoxy) is 1. The maximum absolute atomic E-state index is 12.2. The van der Waals surface area contributed by atoms with Gasteiger partial charge in [-0.3, -0.25) is 4.79 Å². The molecule has 0 radical (unpaired) electrons. The first-order valence-corrected chi connectivity index (χ1v) is 6.42. The molecule has 17 heavy (non-hydrogen) atoms. The molecule has 1 aromatic carbocycles. The molecule has 1 aliphatic heterocycles. The number of hydrogen-bond donors (Lipinski definition) is 0. The summed E-state index contributed by atoms with van der Waals surface area (Å²) in [7, 11) is 0. The third-order valence-corrected chi connectivity index (χ3v) is 3.79. The zero-order valence-corrected chi connectivity index (χ0v) is 10.8. The summed E-state index contributed by atoms with van der Waals surface area (Å²) in [6.07, 6.45) is 2.60. The molecule has 1 heterocycles. The zero-order valence-electron chi connectivity index (χ0n) is 10.0. The minimum atomic E-state index is 0.205. The van der Waals surface area contributed by atoms with Gasteiger partial charge in [-0.1, -0.05) is 23.7 Å². The molecule has 0 saturated carbocycles. The van der Waals surface area contributed by atoms with Gasteiger partial charge in [-0.05, 0) is 37.3 Å². The molecule has 2 rings (SSSR count). The van der Waals surface area contributed by atoms with E-state index in [4.69, 9.17) is 16.3 Å². The molecule has 0 aromatic heterocycles. The Morgan fingerprint density at radius 2 is 2.12 bits per heavy atom. The Morgan fingerprint density at radius 3 is 2.82 bits per heavy atom. The quantitative estimate of drug-likeness (QED) is 0.768. The molecule has 1 saturated heterocycles. The largest absolute Gasteiger partial charge is 0.381 e. The van der Waals surface area contributed by atoms with E-state index in [2.05, 4.69) is 0 Å². The third kappa shape index (κ3) is 3.08. The number of Topliss-reactive ketones (excluding diaryl/α,β-unsaturated/α-hetero) is 1. The van der Waals surface area contributed by atoms with Crippen molar-refractivity contribution in [3.63, 3.8) is 0 Å². The predicted octanol–water partition coefficient (Wildman–Crippen LogP) is 3.65. The van der Waals surface area contributed by atoms with E-state index in [0.717, 1.165) is 37.2 Å². The lowest BCUT2D eigenvalue weighted by molar-refractivity contribution is 0.0601. The molecule has 1 aliphatic rings. The average molecular weight is 253 g/mol. The van der Waals surface area contributed by atoms with Gasteiger partial charge in [0.1, 0.15) is 0 Å². The fourth-order valence-electron chi connectivity index (χ4n) is 2.23. The Bertz CT molecular complexity index is 409. The summed E-state index contributed by atoms with van der Waals surface area (Å²) >= 11 is 6.03. The average Bonchev–Trinajstić information content (AvgIpc) is 2.34. The van der Waals surface area contributed by atoms with Crippen molar-refractivity contribution < 1.29 is 9.53 Å². The number of carbonyl (C=O) groups is 1. The van der Waals surface area contributed by atoms with E-state index in [1.54, 1.807) is 0 Å². The van der Waals surface area contributed by atoms with Crippen LogP contribution in [0.2, 0.25) is 5.02 Å². The topological polar surface area (TPSA) is 26.3 Å². The fraction of sp³-hybridized carbons (Fsp3) is 0.500. The zero-order chi connectivity index (χ0) is 12.3. The summed E-state index contributed by atoms with van der Waals surface area (Å²) in [5.41, 5.74) is 1.66. The number of halogens is 1. The molecule has 3 heteroatoms. The highest BCUT2D eigenvalue weighted by Gasteiger charge is 2.19. The number of benzene rings is 1. The highest BCUT2D eigenvalue weighted by atomic mass is 35.5. The molecule has 0 bridgehead atoms. The van der Waals surface area contributed by atoms with Crippen molar-refractivity contribution in [2.75, 3.05) is 13.2 Å². The van der Waals surface area contributed by atoms with Crippen molar-refractivity contribution >= 4 is 17.4 Å². The standard InChI is InChI=1S/C14H17ClO2/c1-10-12(3-2-4-13(10)15)14(16)9-11-5-7-17-8-6-11/h2-4,11H,5-9H2,1H3. The summed E-state index contributed by atoms with van der Waals surface area (Å²) in [5.74, 6) is 0.673. The van der Waals surface area contributed by atoms with Crippen molar-refractivity contribution in [3.05, 3.63) is 34.3 Å². The van der Waals surface area contributed by atoms with Gasteiger partial charge in [0.05, 0.1) is 0 Å². The Kier molecular flexibility index (Phi) is 4.19. The molecular weight excluding hydrogens is 236 g/mol. The van der Waals surface area contributed by atoms with Crippen LogP contribution in [0.4, 0.5) is 0 Å². The van der Waals surface area contributed by atoms with Crippen molar-refractivity contribution in [2.24, 2.45) is 5.92 Å². The van der Waals surface area contributed by atoms with Crippen LogP contribution in [-0.4, -0.2) is 19.0 Å². The summed E-state index contributed by atoms with van der Waals surface area (Å²) < 4.78 is 5.30. The van der Waals surface area contributed by atoms with Gasteiger partial charge in [0.15, 0.2) is 5.78 Å². The monoisotopic (exact) mass is 252 g/mol. The molecule has 92 valence electrons. The van der Waals surface area contributed by atoms with Gasteiger partial charge in [0.2, 0.25) is 0 Å². The van der Waals surface area contributed by atoms with Gasteiger partial charge in [-0.2, -0.15) is 0 Å². The SMILES string of the molecule is Cc1c(Cl)cccc1C(=O)CC1CCOCC1. The first kappa shape index (κ1) is 12.6. The lowest BCUT2D eigenvalue weighted by atomic mass is 9.91. The van der Waals surface area contributed by atoms with E-state index in [1.165, 1.54) is 0 Å². The Morgan fingerprint density at radius 1 is 1.41 bits per heavy atom. The Balaban J connectivity index is 2.06. The summed E-state index contributed by atoms with van der Waals surface area (Å²) in [6, 6.07) is 5.53. The molecule has 0 aliphatic carbocycles. The van der Waals surface area contributed by atoms with Crippen molar-refractivity contribution in [3.8, 4) is 0 Å². The predicted molar refractivity (Wildman–Crippen MR) is 68.7 cm³/mol. The van der Waals surface area contributed by atoms with E-state index >= 15 is 0 Å². The molecule has 0 N–H and O–H groups in total. The van der Waals surface area contributed by atoms with Crippen molar-refractivity contribution in [2.45, 2.75) is 26.2 Å². The van der Waals surface area contributed by atoms with Gasteiger partial charge < -0.3 is 4.74 Å². The minimum Gasteiger partial charge on any atom is -0.381 e. The van der Waals surface area contributed by atoms with E-state index < -0.39 is 0 Å². The lowest BCUT2D eigenvalue weighted by Crippen LogP contribution is -2.19. The fourth-order valence-corrected chi connectivity index (χ4v) is 2.41. The second-order valence-electron chi connectivity index (χ2n) is 4.60. The van der Waals surface area contributed by atoms with Crippen LogP contribution < -0.4 is 0 Å². The smallest absolute Gasteiger partial charge is 0.163 e. The Hall–Kier alpha value is -0.860. The summed E-state index contributed by atoms with van der Waals surface area (Å²) in [5, 5.41) is 0.669. The summed E-state index contributed by atoms with van der Waals surface area (Å²) in [4.78, 5) is 12.2. The molecule has 1 aromatic rings. The van der Waals surface area contributed by atoms with Crippen LogP contribution in [-0.2, 0) is 4.74 Å². The van der Waals surface area contributed by atoms with Crippen LogP contribution in [0.15, 0.2) is 18.2 Å². The van der Waals surface area contributed by atoms with Gasteiger partial charge in [-0.25, -0.2) is 0 Å². The lowest BCUT2D eigenvalue weighted by Gasteiger charge is -2.21. The maximum atomic E-state index is 12.2. The van der Waals surface area contributed by atoms with Crippen LogP contribution >= 0.6 is 11.6 Å². The van der Waals surface area contributed by atoms with Gasteiger partial charge in [0, 0.05) is 30.2 Å². The highest BCUT2D eigenvalue weighted by Crippen LogP contribution is 2.24. The van der Waals surface area contributed by atoms with Crippen LogP contribution in [0, 0.1) is 12.8 Å². The number of hydrogen-bond acceptors (Lipinski definition) is 2. The van der Waals surface area contributed by atoms with Crippen LogP contribution in [0.3, 0.4) is 0 Å². The summed E-state index contributed by atoms with van der Waals surface area (Å²) in [6.45, 7) is 3.47. The normalized spacial score (nSPS) is 17.1. The van der Waals surface area contributed by atoms with Gasteiger partial charge in [-0.15, -0.1) is 0 Å². The molecule has 0 amide bonds. The third-order valence-electron chi connectivity index (χ3n) is 3.38. The maximum Gasteiger partial charge on any atom is 0.163 e. The van der Waals surface area contributed by atoms with E-state index in [0.29, 0.717) is 17.4 Å². The first-order valence-electron chi connectivity index (χ1n) is 6.04. The highest BCUT2D eigenvalue weighted by molar-refractivity contribution is 6.31. The van der Waals surface area contributed by atoms with Gasteiger partial charge in [0.25, 0.3) is 0 Å². The number of rotatable bonds is 3. The second kappa shape index (κ2) is 5.65. The molecule has 0 atom stereocenters. The minimum absolute atomic E-state index is 0.205. The Labute approximate surface area is 107 Å². The van der Waals surface area contributed by atoms with Crippen LogP contribution in [0.1, 0.15) is 35.2 Å². The van der Waals surface area contributed by atoms with Crippen molar-refractivity contribution in [1.29, 1.82) is 0 Å². The molecule has 0 unspecified atom stereocenters. The van der Waals surface area contributed by atoms with Crippen LogP contribution in [0.5, 0.6) is 0 Å². The number of ketones is 1. The van der Waals surface area contributed by atoms with Crippen LogP contribution in [0.25, 0.3) is 0 Å². The molecule has 1 fully saturated rings. The first-order chi connectivity index (χ1) is 8.18. The molecule has 2 nitrogen and oxygen atoms in total. The molecule has 0 spiro atoms. The van der Waals surface area contributed by atoms with Gasteiger partial charge >= 0.3 is 0 Å². The van der Waals surface area contributed by atoms with Crippen molar-refractivity contribution in [1.82, 2.24) is 0 Å². The van der Waals surface area contributed by atoms with E-state index in [-0.39, 0.29) is 5.78 Å². The molecular formula is C14H17ClO2.